The van der Waals surface area contributed by atoms with Crippen molar-refractivity contribution >= 4 is 28.6 Å². The van der Waals surface area contributed by atoms with Crippen molar-refractivity contribution in [3.05, 3.63) is 16.0 Å². The van der Waals surface area contributed by atoms with E-state index in [2.05, 4.69) is 27.7 Å². The monoisotopic (exact) mass is 351 g/mol. The number of rotatable bonds is 3. The summed E-state index contributed by atoms with van der Waals surface area (Å²) in [6.45, 7) is 7.40. The minimum atomic E-state index is -1.08. The Bertz CT molecular complexity index is 407. The Morgan fingerprint density at radius 1 is 1.53 bits per heavy atom. The van der Waals surface area contributed by atoms with Crippen LogP contribution in [0.4, 0.5) is 0 Å². The predicted molar refractivity (Wildman–Crippen MR) is 73.4 cm³/mol. The van der Waals surface area contributed by atoms with Crippen LogP contribution in [0.25, 0.3) is 0 Å². The number of nitrogens with zero attached hydrogens (tertiary/aromatic N) is 2. The molecule has 1 aromatic heterocycles. The van der Waals surface area contributed by atoms with Gasteiger partial charge < -0.3 is 10.5 Å². The second-order valence-corrected chi connectivity index (χ2v) is 6.52. The fourth-order valence-electron chi connectivity index (χ4n) is 1.22. The molecule has 0 amide bonds. The first-order chi connectivity index (χ1) is 7.60. The average Bonchev–Trinajstić information content (AvgIpc) is 2.47. The Balaban J connectivity index is 2.71. The van der Waals surface area contributed by atoms with Crippen molar-refractivity contribution in [2.24, 2.45) is 5.73 Å². The molecule has 0 saturated carbocycles. The van der Waals surface area contributed by atoms with Gasteiger partial charge in [-0.1, -0.05) is 0 Å². The van der Waals surface area contributed by atoms with Crippen molar-refractivity contribution < 1.29 is 9.53 Å². The van der Waals surface area contributed by atoms with E-state index in [4.69, 9.17) is 10.5 Å². The highest BCUT2D eigenvalue weighted by Gasteiger charge is 2.34. The average molecular weight is 351 g/mol. The summed E-state index contributed by atoms with van der Waals surface area (Å²) >= 11 is 2.15. The fourth-order valence-corrected chi connectivity index (χ4v) is 1.67. The number of hydrogen-bond acceptors (Lipinski definition) is 4. The lowest BCUT2D eigenvalue weighted by Gasteiger charge is -2.28. The van der Waals surface area contributed by atoms with E-state index in [9.17, 15) is 4.79 Å². The minimum absolute atomic E-state index is 0.297. The minimum Gasteiger partial charge on any atom is -0.459 e. The largest absolute Gasteiger partial charge is 0.459 e. The van der Waals surface area contributed by atoms with Gasteiger partial charge in [0.25, 0.3) is 0 Å². The molecular weight excluding hydrogens is 333 g/mol. The second kappa shape index (κ2) is 4.93. The Hall–Kier alpha value is -0.630. The summed E-state index contributed by atoms with van der Waals surface area (Å²) in [7, 11) is 0. The van der Waals surface area contributed by atoms with Crippen molar-refractivity contribution in [1.29, 1.82) is 0 Å². The van der Waals surface area contributed by atoms with Crippen LogP contribution in [-0.4, -0.2) is 26.9 Å². The van der Waals surface area contributed by atoms with E-state index >= 15 is 0 Å². The highest BCUT2D eigenvalue weighted by atomic mass is 127. The summed E-state index contributed by atoms with van der Waals surface area (Å²) in [5.74, 6) is -0.421. The molecule has 1 atom stereocenters. The molecule has 0 spiro atoms. The third-order valence-electron chi connectivity index (χ3n) is 1.96. The Morgan fingerprint density at radius 3 is 2.53 bits per heavy atom. The topological polar surface area (TPSA) is 70.1 Å². The molecule has 1 unspecified atom stereocenters. The van der Waals surface area contributed by atoms with Gasteiger partial charge in [0.2, 0.25) is 0 Å². The molecule has 6 heteroatoms. The molecule has 0 bridgehead atoms. The molecule has 1 aromatic rings. The first-order valence-electron chi connectivity index (χ1n) is 5.30. The van der Waals surface area contributed by atoms with E-state index in [0.29, 0.717) is 6.54 Å². The summed E-state index contributed by atoms with van der Waals surface area (Å²) in [5, 5.41) is 4.10. The van der Waals surface area contributed by atoms with Gasteiger partial charge in [-0.05, 0) is 50.3 Å². The lowest BCUT2D eigenvalue weighted by Crippen LogP contribution is -2.51. The Kier molecular flexibility index (Phi) is 4.19. The van der Waals surface area contributed by atoms with E-state index in [1.165, 1.54) is 0 Å². The van der Waals surface area contributed by atoms with Gasteiger partial charge in [0.15, 0.2) is 0 Å². The van der Waals surface area contributed by atoms with Crippen molar-refractivity contribution in [3.63, 3.8) is 0 Å². The van der Waals surface area contributed by atoms with E-state index in [1.54, 1.807) is 17.8 Å². The zero-order valence-electron chi connectivity index (χ0n) is 10.5. The number of carbonyl (C=O) groups excluding carboxylic acids is 1. The van der Waals surface area contributed by atoms with Gasteiger partial charge >= 0.3 is 5.97 Å². The molecule has 0 aromatic carbocycles. The highest BCUT2D eigenvalue weighted by molar-refractivity contribution is 14.1. The first-order valence-corrected chi connectivity index (χ1v) is 6.38. The lowest BCUT2D eigenvalue weighted by atomic mass is 10.0. The summed E-state index contributed by atoms with van der Waals surface area (Å²) in [5.41, 5.74) is 4.36. The number of nitrogens with two attached hydrogens (primary N) is 1. The van der Waals surface area contributed by atoms with Gasteiger partial charge in [-0.2, -0.15) is 5.10 Å². The quantitative estimate of drug-likeness (QED) is 0.663. The van der Waals surface area contributed by atoms with Gasteiger partial charge in [-0.3, -0.25) is 4.68 Å². The van der Waals surface area contributed by atoms with Crippen LogP contribution in [0, 0.1) is 3.57 Å². The molecule has 17 heavy (non-hydrogen) atoms. The van der Waals surface area contributed by atoms with Crippen LogP contribution in [0.1, 0.15) is 27.7 Å². The first kappa shape index (κ1) is 14.4. The second-order valence-electron chi connectivity index (χ2n) is 5.28. The van der Waals surface area contributed by atoms with Crippen LogP contribution in [0.15, 0.2) is 12.4 Å². The number of hydrogen-bond donors (Lipinski definition) is 1. The molecule has 5 nitrogen and oxygen atoms in total. The molecule has 0 aliphatic carbocycles. The molecule has 0 aliphatic heterocycles. The summed E-state index contributed by atoms with van der Waals surface area (Å²) < 4.78 is 7.92. The van der Waals surface area contributed by atoms with Gasteiger partial charge in [-0.15, -0.1) is 0 Å². The number of halogens is 1. The van der Waals surface area contributed by atoms with E-state index in [1.807, 2.05) is 27.0 Å². The van der Waals surface area contributed by atoms with Crippen molar-refractivity contribution in [1.82, 2.24) is 9.78 Å². The van der Waals surface area contributed by atoms with Crippen LogP contribution in [-0.2, 0) is 16.1 Å². The van der Waals surface area contributed by atoms with Crippen molar-refractivity contribution in [2.45, 2.75) is 45.4 Å². The zero-order valence-corrected chi connectivity index (χ0v) is 12.7. The smallest absolute Gasteiger partial charge is 0.328 e. The number of carbonyl (C=O) groups is 1. The summed E-state index contributed by atoms with van der Waals surface area (Å²) in [6.07, 6.45) is 3.54. The number of aromatic nitrogens is 2. The highest BCUT2D eigenvalue weighted by Crippen LogP contribution is 2.14. The molecule has 0 aliphatic rings. The third kappa shape index (κ3) is 4.63. The maximum absolute atomic E-state index is 11.9. The van der Waals surface area contributed by atoms with Crippen molar-refractivity contribution in [2.75, 3.05) is 0 Å². The van der Waals surface area contributed by atoms with Crippen LogP contribution in [0.5, 0.6) is 0 Å². The Morgan fingerprint density at radius 2 is 2.12 bits per heavy atom. The number of esters is 1. The van der Waals surface area contributed by atoms with Crippen LogP contribution in [0.2, 0.25) is 0 Å². The summed E-state index contributed by atoms with van der Waals surface area (Å²) in [4.78, 5) is 11.9. The Labute approximate surface area is 115 Å². The van der Waals surface area contributed by atoms with E-state index in [0.717, 1.165) is 3.57 Å². The SMILES string of the molecule is CC(C)(C)OC(=O)C(C)(N)Cn1cc(I)cn1. The molecule has 0 saturated heterocycles. The molecule has 2 N–H and O–H groups in total. The maximum atomic E-state index is 11.9. The lowest BCUT2D eigenvalue weighted by molar-refractivity contribution is -0.161. The molecule has 0 radical (unpaired) electrons. The molecule has 1 rings (SSSR count). The van der Waals surface area contributed by atoms with E-state index in [-0.39, 0.29) is 0 Å². The van der Waals surface area contributed by atoms with Crippen LogP contribution in [0.3, 0.4) is 0 Å². The molecular formula is C11H18IN3O2. The van der Waals surface area contributed by atoms with Crippen LogP contribution >= 0.6 is 22.6 Å². The van der Waals surface area contributed by atoms with Crippen LogP contribution < -0.4 is 5.73 Å². The normalized spacial score (nSPS) is 15.4. The molecule has 0 fully saturated rings. The van der Waals surface area contributed by atoms with Gasteiger partial charge in [0.05, 0.1) is 16.3 Å². The van der Waals surface area contributed by atoms with E-state index < -0.39 is 17.1 Å². The molecule has 1 heterocycles. The maximum Gasteiger partial charge on any atom is 0.328 e. The zero-order chi connectivity index (χ0) is 13.3. The van der Waals surface area contributed by atoms with Crippen molar-refractivity contribution in [3.8, 4) is 0 Å². The third-order valence-corrected chi connectivity index (χ3v) is 2.51. The predicted octanol–water partition coefficient (Wildman–Crippen LogP) is 1.55. The number of ether oxygens (including phenoxy) is 1. The van der Waals surface area contributed by atoms with Gasteiger partial charge in [-0.25, -0.2) is 4.79 Å². The summed E-state index contributed by atoms with van der Waals surface area (Å²) in [6, 6.07) is 0. The standard InChI is InChI=1S/C11H18IN3O2/c1-10(2,3)17-9(16)11(4,13)7-15-6-8(12)5-14-15/h5-6H,7,13H2,1-4H3. The van der Waals surface area contributed by atoms with Gasteiger partial charge in [0, 0.05) is 6.20 Å². The van der Waals surface area contributed by atoms with Gasteiger partial charge in [0.1, 0.15) is 11.1 Å². The fraction of sp³-hybridized carbons (Fsp3) is 0.636. The molecule has 96 valence electrons.